The third-order valence-electron chi connectivity index (χ3n) is 7.62. The molecule has 1 aliphatic heterocycles. The van der Waals surface area contributed by atoms with Gasteiger partial charge in [0.1, 0.15) is 23.7 Å². The van der Waals surface area contributed by atoms with Crippen molar-refractivity contribution in [3.8, 4) is 0 Å². The van der Waals surface area contributed by atoms with Gasteiger partial charge < -0.3 is 4.90 Å². The predicted octanol–water partition coefficient (Wildman–Crippen LogP) is 5.66. The summed E-state index contributed by atoms with van der Waals surface area (Å²) in [5.41, 5.74) is 1.44. The molecule has 1 saturated heterocycles. The van der Waals surface area contributed by atoms with E-state index in [1.54, 1.807) is 42.6 Å². The monoisotopic (exact) mass is 676 g/mol. The number of carbonyl (C=O) groups is 3. The summed E-state index contributed by atoms with van der Waals surface area (Å²) in [5.74, 6) is -4.68. The summed E-state index contributed by atoms with van der Waals surface area (Å²) >= 11 is 2.05. The molecule has 1 aliphatic carbocycles. The van der Waals surface area contributed by atoms with E-state index >= 15 is 0 Å². The van der Waals surface area contributed by atoms with Crippen LogP contribution < -0.4 is 9.80 Å². The first kappa shape index (κ1) is 29.0. The van der Waals surface area contributed by atoms with Gasteiger partial charge in [0.25, 0.3) is 11.8 Å². The topological polar surface area (TPSA) is 73.8 Å². The molecule has 0 radical (unpaired) electrons. The third kappa shape index (κ3) is 5.81. The van der Waals surface area contributed by atoms with Crippen LogP contribution in [0.4, 0.5) is 24.7 Å². The van der Waals surface area contributed by atoms with Crippen LogP contribution in [0.25, 0.3) is 0 Å². The highest BCUT2D eigenvalue weighted by atomic mass is 127. The van der Waals surface area contributed by atoms with E-state index in [1.165, 1.54) is 39.9 Å². The van der Waals surface area contributed by atoms with Gasteiger partial charge in [-0.2, -0.15) is 0 Å². The van der Waals surface area contributed by atoms with Crippen LogP contribution in [0, 0.1) is 16.3 Å². The van der Waals surface area contributed by atoms with Gasteiger partial charge in [-0.05, 0) is 77.4 Å². The summed E-state index contributed by atoms with van der Waals surface area (Å²) in [6.45, 7) is 1.85. The van der Waals surface area contributed by atoms with Crippen molar-refractivity contribution >= 4 is 51.8 Å². The summed E-state index contributed by atoms with van der Waals surface area (Å²) in [4.78, 5) is 49.9. The number of rotatable bonds is 7. The maximum absolute atomic E-state index is 14.6. The van der Waals surface area contributed by atoms with E-state index in [0.29, 0.717) is 15.0 Å². The Morgan fingerprint density at radius 3 is 2.46 bits per heavy atom. The molecule has 0 unspecified atom stereocenters. The first-order valence-electron chi connectivity index (χ1n) is 13.2. The fourth-order valence-corrected chi connectivity index (χ4v) is 6.04. The van der Waals surface area contributed by atoms with Gasteiger partial charge in [-0.1, -0.05) is 30.3 Å². The minimum atomic E-state index is -2.86. The van der Waals surface area contributed by atoms with Crippen molar-refractivity contribution < 1.29 is 27.6 Å². The van der Waals surface area contributed by atoms with E-state index in [1.807, 2.05) is 6.92 Å². The lowest BCUT2D eigenvalue weighted by Crippen LogP contribution is -2.56. The van der Waals surface area contributed by atoms with Gasteiger partial charge in [-0.3, -0.25) is 24.2 Å². The lowest BCUT2D eigenvalue weighted by Gasteiger charge is -2.44. The third-order valence-corrected chi connectivity index (χ3v) is 8.60. The Labute approximate surface area is 249 Å². The number of benzene rings is 2. The van der Waals surface area contributed by atoms with E-state index < -0.39 is 54.5 Å². The molecule has 214 valence electrons. The predicted molar refractivity (Wildman–Crippen MR) is 156 cm³/mol. The van der Waals surface area contributed by atoms with Crippen LogP contribution in [-0.2, 0) is 14.4 Å². The van der Waals surface area contributed by atoms with Crippen LogP contribution in [-0.4, -0.2) is 52.7 Å². The molecule has 3 amide bonds. The molecule has 2 atom stereocenters. The Balaban J connectivity index is 1.62. The number of amides is 3. The SMILES string of the molecule is Cc1ccc(N2C(=O)CC[C@H]2C(=O)N(c2cccc(F)c2)[C@H](C(=O)N(C)C2CC(F)(F)C2)c2ccccc2I)nc1. The zero-order chi connectivity index (χ0) is 29.5. The molecule has 2 heterocycles. The van der Waals surface area contributed by atoms with Gasteiger partial charge in [0.15, 0.2) is 0 Å². The van der Waals surface area contributed by atoms with Gasteiger partial charge in [0, 0.05) is 47.8 Å². The van der Waals surface area contributed by atoms with E-state index in [0.717, 1.165) is 11.6 Å². The molecule has 0 bridgehead atoms. The molecule has 1 aromatic heterocycles. The second-order valence-corrected chi connectivity index (χ2v) is 11.7. The Kier molecular flexibility index (Phi) is 8.09. The quantitative estimate of drug-likeness (QED) is 0.303. The summed E-state index contributed by atoms with van der Waals surface area (Å²) in [5, 5.41) is 0. The summed E-state index contributed by atoms with van der Waals surface area (Å²) < 4.78 is 42.8. The number of carbonyl (C=O) groups excluding carboxylic acids is 3. The second-order valence-electron chi connectivity index (χ2n) is 10.5. The Hall–Kier alpha value is -3.48. The standard InChI is InChI=1S/C30H28F3IN4O3/c1-18-10-12-25(35-17-18)38-24(11-13-26(38)39)28(40)37(20-7-5-6-19(31)14-20)27(22-8-3-4-9-23(22)34)29(41)36(2)21-15-30(32,33)16-21/h3-10,12,14,17,21,24,27H,11,13,15-16H2,1-2H3/t24-,27-/m0/s1. The Morgan fingerprint density at radius 1 is 1.10 bits per heavy atom. The number of anilines is 2. The molecule has 41 heavy (non-hydrogen) atoms. The molecule has 7 nitrogen and oxygen atoms in total. The maximum atomic E-state index is 14.6. The van der Waals surface area contributed by atoms with Gasteiger partial charge in [-0.25, -0.2) is 18.2 Å². The fourth-order valence-electron chi connectivity index (χ4n) is 5.35. The largest absolute Gasteiger partial charge is 0.340 e. The van der Waals surface area contributed by atoms with Crippen LogP contribution in [0.1, 0.15) is 42.9 Å². The average molecular weight is 676 g/mol. The number of alkyl halides is 2. The first-order chi connectivity index (χ1) is 19.5. The minimum absolute atomic E-state index is 0.0848. The normalized spacial score (nSPS) is 19.0. The van der Waals surface area contributed by atoms with E-state index in [9.17, 15) is 27.6 Å². The van der Waals surface area contributed by atoms with Gasteiger partial charge in [0.05, 0.1) is 0 Å². The Morgan fingerprint density at radius 2 is 1.83 bits per heavy atom. The van der Waals surface area contributed by atoms with Crippen molar-refractivity contribution in [2.75, 3.05) is 16.8 Å². The molecule has 5 rings (SSSR count). The molecule has 0 N–H and O–H groups in total. The smallest absolute Gasteiger partial charge is 0.252 e. The van der Waals surface area contributed by atoms with Crippen molar-refractivity contribution in [1.29, 1.82) is 0 Å². The molecule has 2 aliphatic rings. The number of hydrogen-bond donors (Lipinski definition) is 0. The van der Waals surface area contributed by atoms with Crippen molar-refractivity contribution in [3.63, 3.8) is 0 Å². The average Bonchev–Trinajstić information content (AvgIpc) is 3.31. The maximum Gasteiger partial charge on any atom is 0.252 e. The van der Waals surface area contributed by atoms with Crippen molar-refractivity contribution in [1.82, 2.24) is 9.88 Å². The van der Waals surface area contributed by atoms with Crippen LogP contribution in [0.15, 0.2) is 66.9 Å². The zero-order valence-electron chi connectivity index (χ0n) is 22.4. The molecule has 2 fully saturated rings. The molecule has 0 spiro atoms. The van der Waals surface area contributed by atoms with E-state index in [-0.39, 0.29) is 24.4 Å². The second kappa shape index (κ2) is 11.4. The number of aromatic nitrogens is 1. The molecular formula is C30H28F3IN4O3. The molecule has 2 aromatic carbocycles. The Bertz CT molecular complexity index is 1480. The summed E-state index contributed by atoms with van der Waals surface area (Å²) in [7, 11) is 1.45. The number of aryl methyl sites for hydroxylation is 1. The van der Waals surface area contributed by atoms with Crippen LogP contribution in [0.3, 0.4) is 0 Å². The van der Waals surface area contributed by atoms with E-state index in [4.69, 9.17) is 0 Å². The number of halogens is 4. The zero-order valence-corrected chi connectivity index (χ0v) is 24.6. The van der Waals surface area contributed by atoms with E-state index in [2.05, 4.69) is 27.6 Å². The molecule has 11 heteroatoms. The van der Waals surface area contributed by atoms with Gasteiger partial charge in [0.2, 0.25) is 11.8 Å². The lowest BCUT2D eigenvalue weighted by atomic mass is 9.86. The van der Waals surface area contributed by atoms with Crippen molar-refractivity contribution in [2.45, 2.75) is 56.7 Å². The number of pyridine rings is 1. The molecule has 3 aromatic rings. The van der Waals surface area contributed by atoms with Crippen molar-refractivity contribution in [3.05, 3.63) is 87.4 Å². The highest BCUT2D eigenvalue weighted by Gasteiger charge is 2.51. The fraction of sp³-hybridized carbons (Fsp3) is 0.333. The van der Waals surface area contributed by atoms with Crippen LogP contribution in [0.5, 0.6) is 0 Å². The summed E-state index contributed by atoms with van der Waals surface area (Å²) in [6.07, 6.45) is 0.879. The minimum Gasteiger partial charge on any atom is -0.340 e. The lowest BCUT2D eigenvalue weighted by molar-refractivity contribution is -0.152. The first-order valence-corrected chi connectivity index (χ1v) is 14.3. The number of hydrogen-bond acceptors (Lipinski definition) is 4. The highest BCUT2D eigenvalue weighted by molar-refractivity contribution is 14.1. The molecular weight excluding hydrogens is 648 g/mol. The van der Waals surface area contributed by atoms with Gasteiger partial charge >= 0.3 is 0 Å². The van der Waals surface area contributed by atoms with Crippen molar-refractivity contribution in [2.24, 2.45) is 0 Å². The summed E-state index contributed by atoms with van der Waals surface area (Å²) in [6, 6.07) is 12.6. The van der Waals surface area contributed by atoms with Gasteiger partial charge in [-0.15, -0.1) is 0 Å². The van der Waals surface area contributed by atoms with Crippen LogP contribution >= 0.6 is 22.6 Å². The number of likely N-dealkylation sites (N-methyl/N-ethyl adjacent to an activating group) is 1. The molecule has 1 saturated carbocycles. The van der Waals surface area contributed by atoms with Crippen LogP contribution in [0.2, 0.25) is 0 Å². The highest BCUT2D eigenvalue weighted by Crippen LogP contribution is 2.42. The number of nitrogens with zero attached hydrogens (tertiary/aromatic N) is 4.